The number of nitrogen functional groups attached to an aromatic ring is 1. The average molecular weight is 303 g/mol. The largest absolute Gasteiger partial charge is 0.493 e. The van der Waals surface area contributed by atoms with Crippen molar-refractivity contribution in [2.24, 2.45) is 0 Å². The highest BCUT2D eigenvalue weighted by Crippen LogP contribution is 2.26. The van der Waals surface area contributed by atoms with Gasteiger partial charge in [0.05, 0.1) is 12.2 Å². The van der Waals surface area contributed by atoms with Gasteiger partial charge in [-0.25, -0.2) is 4.79 Å². The zero-order valence-corrected chi connectivity index (χ0v) is 12.5. The summed E-state index contributed by atoms with van der Waals surface area (Å²) in [5.41, 5.74) is 7.96. The Morgan fingerprint density at radius 3 is 2.81 bits per heavy atom. The molecule has 0 unspecified atom stereocenters. The maximum atomic E-state index is 10.9. The molecule has 0 bridgehead atoms. The molecule has 0 saturated heterocycles. The highest BCUT2D eigenvalue weighted by molar-refractivity contribution is 7.99. The lowest BCUT2D eigenvalue weighted by Crippen LogP contribution is -2.02. The first-order chi connectivity index (χ1) is 10.1. The van der Waals surface area contributed by atoms with Gasteiger partial charge in [0.15, 0.2) is 0 Å². The lowest BCUT2D eigenvalue weighted by atomic mass is 10.2. The van der Waals surface area contributed by atoms with Crippen LogP contribution in [0.2, 0.25) is 0 Å². The Balaban J connectivity index is 1.86. The van der Waals surface area contributed by atoms with Gasteiger partial charge in [-0.1, -0.05) is 12.1 Å². The number of benzene rings is 2. The normalized spacial score (nSPS) is 10.3. The second-order valence-corrected chi connectivity index (χ2v) is 5.64. The predicted molar refractivity (Wildman–Crippen MR) is 85.2 cm³/mol. The quantitative estimate of drug-likeness (QED) is 0.486. The van der Waals surface area contributed by atoms with Gasteiger partial charge in [-0.3, -0.25) is 0 Å². The Morgan fingerprint density at radius 2 is 2.05 bits per heavy atom. The summed E-state index contributed by atoms with van der Waals surface area (Å²) in [4.78, 5) is 12.0. The van der Waals surface area contributed by atoms with Gasteiger partial charge in [0.2, 0.25) is 0 Å². The summed E-state index contributed by atoms with van der Waals surface area (Å²) in [6.07, 6.45) is 0. The Bertz CT molecular complexity index is 643. The van der Waals surface area contributed by atoms with Crippen LogP contribution < -0.4 is 10.5 Å². The Labute approximate surface area is 127 Å². The maximum absolute atomic E-state index is 10.9. The van der Waals surface area contributed by atoms with E-state index in [-0.39, 0.29) is 5.56 Å². The molecule has 0 fully saturated rings. The number of nitrogens with two attached hydrogens (primary N) is 1. The summed E-state index contributed by atoms with van der Waals surface area (Å²) in [6, 6.07) is 12.3. The Hall–Kier alpha value is -2.14. The van der Waals surface area contributed by atoms with E-state index in [4.69, 9.17) is 15.6 Å². The monoisotopic (exact) mass is 303 g/mol. The fraction of sp³-hybridized carbons (Fsp3) is 0.188. The number of ether oxygens (including phenoxy) is 1. The minimum absolute atomic E-state index is 0.229. The third-order valence-electron chi connectivity index (χ3n) is 3.02. The molecule has 2 aromatic rings. The molecule has 4 nitrogen and oxygen atoms in total. The smallest absolute Gasteiger partial charge is 0.335 e. The van der Waals surface area contributed by atoms with Crippen molar-refractivity contribution in [2.45, 2.75) is 11.8 Å². The van der Waals surface area contributed by atoms with Gasteiger partial charge in [-0.2, -0.15) is 0 Å². The number of carboxylic acid groups (broad SMARTS) is 1. The van der Waals surface area contributed by atoms with Crippen LogP contribution in [0, 0.1) is 6.92 Å². The first-order valence-corrected chi connectivity index (χ1v) is 7.50. The zero-order valence-electron chi connectivity index (χ0n) is 11.7. The molecule has 0 saturated carbocycles. The number of rotatable bonds is 6. The van der Waals surface area contributed by atoms with Crippen LogP contribution in [0.4, 0.5) is 5.69 Å². The van der Waals surface area contributed by atoms with Crippen molar-refractivity contribution in [1.82, 2.24) is 0 Å². The van der Waals surface area contributed by atoms with Gasteiger partial charge < -0.3 is 15.6 Å². The van der Waals surface area contributed by atoms with Gasteiger partial charge in [-0.05, 0) is 42.8 Å². The van der Waals surface area contributed by atoms with Gasteiger partial charge in [0.1, 0.15) is 5.75 Å². The van der Waals surface area contributed by atoms with E-state index in [0.29, 0.717) is 12.4 Å². The minimum Gasteiger partial charge on any atom is -0.493 e. The van der Waals surface area contributed by atoms with Gasteiger partial charge in [0, 0.05) is 16.3 Å². The van der Waals surface area contributed by atoms with Gasteiger partial charge in [0.25, 0.3) is 0 Å². The standard InChI is InChI=1S/C16H17NO3S/c1-11-14(17)6-3-7-15(11)21-9-8-20-13-5-2-4-12(10-13)16(18)19/h2-7,10H,8-9,17H2,1H3,(H,18,19). The van der Waals surface area contributed by atoms with E-state index < -0.39 is 5.97 Å². The van der Waals surface area contributed by atoms with E-state index in [1.165, 1.54) is 6.07 Å². The lowest BCUT2D eigenvalue weighted by Gasteiger charge is -2.09. The van der Waals surface area contributed by atoms with Gasteiger partial charge in [-0.15, -0.1) is 11.8 Å². The number of hydrogen-bond donors (Lipinski definition) is 2. The molecule has 21 heavy (non-hydrogen) atoms. The van der Waals surface area contributed by atoms with Crippen molar-refractivity contribution in [3.05, 3.63) is 53.6 Å². The summed E-state index contributed by atoms with van der Waals surface area (Å²) in [5.74, 6) is 0.381. The van der Waals surface area contributed by atoms with E-state index in [0.717, 1.165) is 21.9 Å². The van der Waals surface area contributed by atoms with E-state index in [9.17, 15) is 4.79 Å². The summed E-state index contributed by atoms with van der Waals surface area (Å²) < 4.78 is 5.57. The SMILES string of the molecule is Cc1c(N)cccc1SCCOc1cccc(C(=O)O)c1. The van der Waals surface area contributed by atoms with Crippen molar-refractivity contribution in [3.63, 3.8) is 0 Å². The molecule has 0 heterocycles. The first-order valence-electron chi connectivity index (χ1n) is 6.52. The number of thioether (sulfide) groups is 1. The summed E-state index contributed by atoms with van der Waals surface area (Å²) >= 11 is 1.67. The van der Waals surface area contributed by atoms with E-state index >= 15 is 0 Å². The number of carbonyl (C=O) groups is 1. The van der Waals surface area contributed by atoms with Crippen LogP contribution in [-0.4, -0.2) is 23.4 Å². The van der Waals surface area contributed by atoms with Crippen molar-refractivity contribution in [1.29, 1.82) is 0 Å². The van der Waals surface area contributed by atoms with E-state index in [2.05, 4.69) is 0 Å². The molecule has 0 spiro atoms. The highest BCUT2D eigenvalue weighted by Gasteiger charge is 2.05. The fourth-order valence-corrected chi connectivity index (χ4v) is 2.71. The second kappa shape index (κ2) is 7.04. The average Bonchev–Trinajstić information content (AvgIpc) is 2.48. The molecule has 0 radical (unpaired) electrons. The van der Waals surface area contributed by atoms with Crippen molar-refractivity contribution in [3.8, 4) is 5.75 Å². The molecule has 0 aliphatic carbocycles. The molecule has 0 aromatic heterocycles. The van der Waals surface area contributed by atoms with Crippen LogP contribution in [0.15, 0.2) is 47.4 Å². The number of hydrogen-bond acceptors (Lipinski definition) is 4. The van der Waals surface area contributed by atoms with Crippen LogP contribution in [0.5, 0.6) is 5.75 Å². The molecular formula is C16H17NO3S. The van der Waals surface area contributed by atoms with Crippen LogP contribution in [0.1, 0.15) is 15.9 Å². The fourth-order valence-electron chi connectivity index (χ4n) is 1.82. The molecule has 110 valence electrons. The zero-order chi connectivity index (χ0) is 15.2. The molecule has 0 aliphatic heterocycles. The van der Waals surface area contributed by atoms with Crippen molar-refractivity contribution in [2.75, 3.05) is 18.1 Å². The molecule has 3 N–H and O–H groups in total. The molecule has 5 heteroatoms. The number of carboxylic acids is 1. The van der Waals surface area contributed by atoms with E-state index in [1.807, 2.05) is 25.1 Å². The minimum atomic E-state index is -0.954. The lowest BCUT2D eigenvalue weighted by molar-refractivity contribution is 0.0696. The van der Waals surface area contributed by atoms with Crippen LogP contribution in [0.25, 0.3) is 0 Å². The predicted octanol–water partition coefficient (Wildman–Crippen LogP) is 3.45. The highest BCUT2D eigenvalue weighted by atomic mass is 32.2. The molecule has 2 rings (SSSR count). The summed E-state index contributed by atoms with van der Waals surface area (Å²) in [7, 11) is 0. The Morgan fingerprint density at radius 1 is 1.29 bits per heavy atom. The third kappa shape index (κ3) is 4.16. The molecule has 0 aliphatic rings. The summed E-state index contributed by atoms with van der Waals surface area (Å²) in [5, 5.41) is 8.91. The van der Waals surface area contributed by atoms with Gasteiger partial charge >= 0.3 is 5.97 Å². The molecule has 0 amide bonds. The third-order valence-corrected chi connectivity index (χ3v) is 4.14. The summed E-state index contributed by atoms with van der Waals surface area (Å²) in [6.45, 7) is 2.50. The topological polar surface area (TPSA) is 72.5 Å². The molecule has 2 aromatic carbocycles. The Kier molecular flexibility index (Phi) is 5.11. The molecular weight excluding hydrogens is 286 g/mol. The van der Waals surface area contributed by atoms with E-state index in [1.54, 1.807) is 30.0 Å². The van der Waals surface area contributed by atoms with Crippen molar-refractivity contribution < 1.29 is 14.6 Å². The maximum Gasteiger partial charge on any atom is 0.335 e. The van der Waals surface area contributed by atoms with Crippen molar-refractivity contribution >= 4 is 23.4 Å². The second-order valence-electron chi connectivity index (χ2n) is 4.50. The molecule has 0 atom stereocenters. The number of aromatic carboxylic acids is 1. The van der Waals surface area contributed by atoms with Crippen LogP contribution >= 0.6 is 11.8 Å². The first kappa shape index (κ1) is 15.3. The van der Waals surface area contributed by atoms with Crippen LogP contribution in [0.3, 0.4) is 0 Å². The number of anilines is 1. The van der Waals surface area contributed by atoms with Crippen LogP contribution in [-0.2, 0) is 0 Å².